The van der Waals surface area contributed by atoms with Crippen molar-refractivity contribution in [1.29, 1.82) is 0 Å². The van der Waals surface area contributed by atoms with Crippen LogP contribution in [0.25, 0.3) is 11.0 Å². The molecular weight excluding hydrogens is 210 g/mol. The molecule has 2 aromatic rings. The van der Waals surface area contributed by atoms with Crippen molar-refractivity contribution >= 4 is 11.0 Å². The lowest BCUT2D eigenvalue weighted by Gasteiger charge is -2.18. The quantitative estimate of drug-likeness (QED) is 0.753. The fraction of sp³-hybridized carbons (Fsp3) is 0.571. The summed E-state index contributed by atoms with van der Waals surface area (Å²) in [5, 5.41) is 1.14. The third-order valence-electron chi connectivity index (χ3n) is 2.94. The first kappa shape index (κ1) is 12.1. The molecule has 3 heteroatoms. The van der Waals surface area contributed by atoms with E-state index in [0.29, 0.717) is 0 Å². The van der Waals surface area contributed by atoms with Crippen LogP contribution in [0.2, 0.25) is 0 Å². The van der Waals surface area contributed by atoms with Gasteiger partial charge in [0, 0.05) is 21.9 Å². The Morgan fingerprint density at radius 1 is 0.941 bits per heavy atom. The predicted octanol–water partition coefficient (Wildman–Crippen LogP) is 3.55. The van der Waals surface area contributed by atoms with Crippen molar-refractivity contribution < 1.29 is 0 Å². The van der Waals surface area contributed by atoms with E-state index in [2.05, 4.69) is 62.6 Å². The highest BCUT2D eigenvalue weighted by Gasteiger charge is 2.23. The van der Waals surface area contributed by atoms with E-state index in [1.807, 2.05) is 0 Å². The largest absolute Gasteiger partial charge is 0.343 e. The third-order valence-corrected chi connectivity index (χ3v) is 2.94. The number of fused-ring (bicyclic) bond motifs is 1. The first-order valence-corrected chi connectivity index (χ1v) is 6.04. The van der Waals surface area contributed by atoms with Gasteiger partial charge in [-0.15, -0.1) is 0 Å². The van der Waals surface area contributed by atoms with Crippen molar-refractivity contribution in [2.75, 3.05) is 0 Å². The van der Waals surface area contributed by atoms with E-state index in [-0.39, 0.29) is 10.8 Å². The summed E-state index contributed by atoms with van der Waals surface area (Å²) in [6.45, 7) is 13.1. The summed E-state index contributed by atoms with van der Waals surface area (Å²) >= 11 is 0. The van der Waals surface area contributed by atoms with Crippen molar-refractivity contribution in [3.63, 3.8) is 0 Å². The maximum absolute atomic E-state index is 4.44. The number of rotatable bonds is 0. The van der Waals surface area contributed by atoms with Gasteiger partial charge in [-0.3, -0.25) is 0 Å². The van der Waals surface area contributed by atoms with Crippen molar-refractivity contribution in [2.24, 2.45) is 0 Å². The zero-order valence-electron chi connectivity index (χ0n) is 11.5. The van der Waals surface area contributed by atoms with E-state index in [0.717, 1.165) is 16.7 Å². The normalized spacial score (nSPS) is 13.3. The molecule has 0 aliphatic heterocycles. The fourth-order valence-electron chi connectivity index (χ4n) is 1.94. The summed E-state index contributed by atoms with van der Waals surface area (Å²) in [4.78, 5) is 12.2. The van der Waals surface area contributed by atoms with E-state index >= 15 is 0 Å². The lowest BCUT2D eigenvalue weighted by molar-refractivity contribution is 0.572. The molecule has 0 saturated carbocycles. The number of hydrogen-bond acceptors (Lipinski definition) is 2. The van der Waals surface area contributed by atoms with Gasteiger partial charge < -0.3 is 4.98 Å². The average molecular weight is 231 g/mol. The van der Waals surface area contributed by atoms with Gasteiger partial charge in [-0.1, -0.05) is 41.5 Å². The van der Waals surface area contributed by atoms with Crippen LogP contribution in [0.5, 0.6) is 0 Å². The molecule has 0 fully saturated rings. The van der Waals surface area contributed by atoms with Crippen LogP contribution >= 0.6 is 0 Å². The second kappa shape index (κ2) is 3.56. The Morgan fingerprint density at radius 2 is 1.59 bits per heavy atom. The minimum absolute atomic E-state index is 0.0402. The summed E-state index contributed by atoms with van der Waals surface area (Å²) < 4.78 is 0. The maximum atomic E-state index is 4.44. The van der Waals surface area contributed by atoms with E-state index in [4.69, 9.17) is 0 Å². The van der Waals surface area contributed by atoms with Crippen LogP contribution in [-0.2, 0) is 10.8 Å². The summed E-state index contributed by atoms with van der Waals surface area (Å²) in [5.41, 5.74) is 3.40. The van der Waals surface area contributed by atoms with Gasteiger partial charge in [0.1, 0.15) is 12.0 Å². The van der Waals surface area contributed by atoms with Crippen LogP contribution in [0, 0.1) is 0 Å². The molecule has 0 amide bonds. The minimum atomic E-state index is 0.0402. The number of hydrogen-bond donors (Lipinski definition) is 1. The fourth-order valence-corrected chi connectivity index (χ4v) is 1.94. The molecule has 0 aliphatic rings. The van der Waals surface area contributed by atoms with Gasteiger partial charge in [-0.25, -0.2) is 9.97 Å². The second-order valence-corrected chi connectivity index (χ2v) is 6.67. The van der Waals surface area contributed by atoms with E-state index in [1.54, 1.807) is 6.33 Å². The summed E-state index contributed by atoms with van der Waals surface area (Å²) in [5.74, 6) is 0. The SMILES string of the molecule is CC(C)(C)c1cc2c(C(C)(C)C)ncnc2[nH]1. The molecule has 92 valence electrons. The summed E-state index contributed by atoms with van der Waals surface area (Å²) in [7, 11) is 0. The first-order valence-electron chi connectivity index (χ1n) is 6.04. The zero-order chi connectivity index (χ0) is 12.8. The Kier molecular flexibility index (Phi) is 2.53. The second-order valence-electron chi connectivity index (χ2n) is 6.67. The standard InChI is InChI=1S/C14H21N3/c1-13(2,3)10-7-9-11(14(4,5)6)15-8-16-12(9)17-10/h7-8H,1-6H3,(H,15,16,17). The highest BCUT2D eigenvalue weighted by Crippen LogP contribution is 2.30. The van der Waals surface area contributed by atoms with Crippen molar-refractivity contribution in [3.05, 3.63) is 23.8 Å². The predicted molar refractivity (Wildman–Crippen MR) is 71.3 cm³/mol. The van der Waals surface area contributed by atoms with Gasteiger partial charge in [-0.2, -0.15) is 0 Å². The molecule has 1 N–H and O–H groups in total. The molecule has 2 rings (SSSR count). The molecule has 2 aromatic heterocycles. The molecule has 0 radical (unpaired) electrons. The first-order chi connectivity index (χ1) is 7.69. The minimum Gasteiger partial charge on any atom is -0.343 e. The highest BCUT2D eigenvalue weighted by atomic mass is 14.9. The molecule has 0 saturated heterocycles. The smallest absolute Gasteiger partial charge is 0.141 e. The van der Waals surface area contributed by atoms with Gasteiger partial charge in [0.15, 0.2) is 0 Å². The Balaban J connectivity index is 2.70. The summed E-state index contributed by atoms with van der Waals surface area (Å²) in [6.07, 6.45) is 1.64. The van der Waals surface area contributed by atoms with Crippen LogP contribution in [-0.4, -0.2) is 15.0 Å². The molecular formula is C14H21N3. The van der Waals surface area contributed by atoms with Crippen LogP contribution in [0.4, 0.5) is 0 Å². The van der Waals surface area contributed by atoms with E-state index in [1.165, 1.54) is 5.69 Å². The third kappa shape index (κ3) is 2.19. The number of aromatic nitrogens is 3. The maximum Gasteiger partial charge on any atom is 0.141 e. The monoisotopic (exact) mass is 231 g/mol. The van der Waals surface area contributed by atoms with E-state index < -0.39 is 0 Å². The molecule has 0 atom stereocenters. The lowest BCUT2D eigenvalue weighted by Crippen LogP contribution is -2.14. The molecule has 3 nitrogen and oxygen atoms in total. The summed E-state index contributed by atoms with van der Waals surface area (Å²) in [6, 6.07) is 2.19. The Labute approximate surface area is 103 Å². The average Bonchev–Trinajstić information content (AvgIpc) is 2.57. The van der Waals surface area contributed by atoms with Gasteiger partial charge >= 0.3 is 0 Å². The molecule has 0 aliphatic carbocycles. The molecule has 0 spiro atoms. The van der Waals surface area contributed by atoms with Crippen LogP contribution < -0.4 is 0 Å². The molecule has 0 aromatic carbocycles. The van der Waals surface area contributed by atoms with Gasteiger partial charge in [0.05, 0.1) is 5.69 Å². The Bertz CT molecular complexity index is 539. The number of H-pyrrole nitrogens is 1. The topological polar surface area (TPSA) is 41.6 Å². The molecule has 0 bridgehead atoms. The number of nitrogens with zero attached hydrogens (tertiary/aromatic N) is 2. The highest BCUT2D eigenvalue weighted by molar-refractivity contribution is 5.80. The molecule has 0 unspecified atom stereocenters. The van der Waals surface area contributed by atoms with Crippen LogP contribution in [0.1, 0.15) is 52.9 Å². The lowest BCUT2D eigenvalue weighted by atomic mass is 9.88. The number of aromatic amines is 1. The zero-order valence-corrected chi connectivity index (χ0v) is 11.5. The van der Waals surface area contributed by atoms with E-state index in [9.17, 15) is 0 Å². The van der Waals surface area contributed by atoms with Crippen molar-refractivity contribution in [2.45, 2.75) is 52.4 Å². The van der Waals surface area contributed by atoms with Gasteiger partial charge in [0.25, 0.3) is 0 Å². The van der Waals surface area contributed by atoms with Crippen molar-refractivity contribution in [3.8, 4) is 0 Å². The van der Waals surface area contributed by atoms with Crippen molar-refractivity contribution in [1.82, 2.24) is 15.0 Å². The Morgan fingerprint density at radius 3 is 2.12 bits per heavy atom. The van der Waals surface area contributed by atoms with Gasteiger partial charge in [0.2, 0.25) is 0 Å². The van der Waals surface area contributed by atoms with Crippen LogP contribution in [0.3, 0.4) is 0 Å². The molecule has 17 heavy (non-hydrogen) atoms. The number of nitrogens with one attached hydrogen (secondary N) is 1. The van der Waals surface area contributed by atoms with Gasteiger partial charge in [-0.05, 0) is 6.07 Å². The van der Waals surface area contributed by atoms with Crippen LogP contribution in [0.15, 0.2) is 12.4 Å². The Hall–Kier alpha value is -1.38. The molecule has 2 heterocycles.